The molecule has 5 heterocycles. The highest BCUT2D eigenvalue weighted by Gasteiger charge is 2.24. The van der Waals surface area contributed by atoms with Crippen LogP contribution < -0.4 is 0 Å². The van der Waals surface area contributed by atoms with Crippen molar-refractivity contribution in [3.8, 4) is 85.1 Å². The smallest absolute Gasteiger partial charge is 0.164 e. The van der Waals surface area contributed by atoms with Gasteiger partial charge < -0.3 is 13.4 Å². The first-order valence-corrected chi connectivity index (χ1v) is 45.8. The number of furan rings is 2. The zero-order valence-corrected chi connectivity index (χ0v) is 72.7. The fraction of sp³-hybridized carbons (Fsp3) is 0. The van der Waals surface area contributed by atoms with Crippen LogP contribution in [0.15, 0.2) is 464 Å². The molecule has 0 radical (unpaired) electrons. The summed E-state index contributed by atoms with van der Waals surface area (Å²) in [6.45, 7) is 0. The second-order valence-corrected chi connectivity index (χ2v) is 35.0. The van der Waals surface area contributed by atoms with Crippen molar-refractivity contribution in [3.63, 3.8) is 0 Å². The number of nitrogens with zero attached hydrogens (tertiary/aromatic N) is 7. The molecule has 0 saturated heterocycles. The van der Waals surface area contributed by atoms with Gasteiger partial charge in [-0.25, -0.2) is 29.9 Å². The van der Waals surface area contributed by atoms with Crippen LogP contribution in [0.2, 0.25) is 0 Å². The van der Waals surface area contributed by atoms with E-state index in [4.69, 9.17) is 38.7 Å². The maximum Gasteiger partial charge on any atom is 0.164 e. The lowest BCUT2D eigenvalue weighted by molar-refractivity contribution is 0.668. The predicted octanol–water partition coefficient (Wildman–Crippen LogP) is 33.8. The van der Waals surface area contributed by atoms with Gasteiger partial charge in [-0.3, -0.25) is 0 Å². The Labute approximate surface area is 773 Å². The lowest BCUT2D eigenvalue weighted by Gasteiger charge is -2.12. The van der Waals surface area contributed by atoms with Crippen molar-refractivity contribution in [2.75, 3.05) is 0 Å². The maximum atomic E-state index is 6.22. The zero-order valence-electron chi connectivity index (χ0n) is 72.7. The normalized spacial score (nSPS) is 11.9. The molecule has 5 aromatic heterocycles. The Morgan fingerprint density at radius 1 is 0.148 bits per heavy atom. The minimum Gasteiger partial charge on any atom is -0.456 e. The maximum absolute atomic E-state index is 6.22. The third-order valence-corrected chi connectivity index (χ3v) is 27.3. The van der Waals surface area contributed by atoms with Crippen molar-refractivity contribution >= 4 is 195 Å². The summed E-state index contributed by atoms with van der Waals surface area (Å²) >= 11 is 0. The summed E-state index contributed by atoms with van der Waals surface area (Å²) in [5.41, 5.74) is 15.0. The Balaban J connectivity index is 0.000000103. The summed E-state index contributed by atoms with van der Waals surface area (Å²) in [7, 11) is 0. The van der Waals surface area contributed by atoms with Crippen molar-refractivity contribution < 1.29 is 8.83 Å². The van der Waals surface area contributed by atoms with E-state index in [2.05, 4.69) is 338 Å². The molecule has 626 valence electrons. The summed E-state index contributed by atoms with van der Waals surface area (Å²) in [6.07, 6.45) is 0. The largest absolute Gasteiger partial charge is 0.456 e. The van der Waals surface area contributed by atoms with E-state index in [1.807, 2.05) is 121 Å². The number of rotatable bonds is 8. The van der Waals surface area contributed by atoms with E-state index in [0.717, 1.165) is 82.6 Å². The lowest BCUT2D eigenvalue weighted by Crippen LogP contribution is -2.00. The highest BCUT2D eigenvalue weighted by Crippen LogP contribution is 2.46. The number of benzene rings is 24. The quantitative estimate of drug-likeness (QED) is 0.138. The molecule has 135 heavy (non-hydrogen) atoms. The Morgan fingerprint density at radius 3 is 0.978 bits per heavy atom. The number of para-hydroxylation sites is 4. The molecule has 29 aromatic rings. The van der Waals surface area contributed by atoms with Crippen LogP contribution in [0.25, 0.3) is 280 Å². The minimum absolute atomic E-state index is 0.612. The SMILES string of the molecule is c1ccc(-c2nc(-c3ccc4c(ccc5ccc6c7ccccc7ccc6c54)c3)nc(-c3cccc4oc5ccccc5c34)n2)cc1.c1ccc(-c2nc(-c3ccc4ccc5ccc6c7ccccc7ccc6c5c4c3)nc(-c3cccc4oc5ccccc5c34)n2)cc1.c1ccc2c(c1)ccc1ccc3c4cc(-c5ccc(-n6c7ccccc7c7ccccc76)cc5)ccc4ccc3c12. The predicted molar refractivity (Wildman–Crippen MR) is 563 cm³/mol. The Bertz CT molecular complexity index is 9920. The highest BCUT2D eigenvalue weighted by atomic mass is 16.3. The molecule has 0 aliphatic rings. The first-order chi connectivity index (χ1) is 66.9. The average Bonchev–Trinajstić information content (AvgIpc) is 1.71. The first kappa shape index (κ1) is 76.8. The first-order valence-electron chi connectivity index (χ1n) is 45.8. The fourth-order valence-electron chi connectivity index (χ4n) is 21.0. The van der Waals surface area contributed by atoms with E-state index in [1.54, 1.807) is 0 Å². The summed E-state index contributed by atoms with van der Waals surface area (Å²) in [6, 6.07) is 161. The van der Waals surface area contributed by atoms with Crippen molar-refractivity contribution in [1.82, 2.24) is 34.5 Å². The van der Waals surface area contributed by atoms with Gasteiger partial charge >= 0.3 is 0 Å². The summed E-state index contributed by atoms with van der Waals surface area (Å²) in [5, 5.41) is 36.7. The fourth-order valence-corrected chi connectivity index (χ4v) is 21.0. The molecule has 29 rings (SSSR count). The number of hydrogen-bond donors (Lipinski definition) is 0. The number of hydrogen-bond acceptors (Lipinski definition) is 8. The standard InChI is InChI=1S/2C43H25N3O.C40H25N/c1-2-10-29(11-3-1)41-44-42(46-43(45-41)35-14-8-16-38-40(35)34-13-6-7-15-37(34)47-38)30-20-18-27-17-19-28-22-23-32-31-12-5-4-9-26(31)21-24-33(32)39(28)36(27)25-30;1-2-10-28(11-3-1)41-44-42(46-43(45-41)36-14-8-16-38-40(36)35-13-6-7-15-37(35)47-38)30-21-22-32-29(25-30)18-17-27-20-23-33-31-12-5-4-9-26(31)19-24-34(33)39(27)32;1-2-8-32-27(7-1)13-15-29-20-23-33-36(40(29)32)24-19-28-14-16-30(25-37(28)33)26-17-21-31(22-18-26)41-38-11-5-3-9-34(38)35-10-4-6-12-39(35)41/h2*1-25H;1-25H. The lowest BCUT2D eigenvalue weighted by atomic mass is 9.92. The van der Waals surface area contributed by atoms with Crippen LogP contribution in [-0.4, -0.2) is 34.5 Å². The molecule has 0 spiro atoms. The molecule has 0 fully saturated rings. The van der Waals surface area contributed by atoms with Crippen LogP contribution in [0.3, 0.4) is 0 Å². The Kier molecular flexibility index (Phi) is 17.8. The topological polar surface area (TPSA) is 109 Å². The molecule has 9 heteroatoms. The van der Waals surface area contributed by atoms with Gasteiger partial charge in [-0.15, -0.1) is 0 Å². The van der Waals surface area contributed by atoms with Crippen LogP contribution in [0, 0.1) is 0 Å². The number of aromatic nitrogens is 7. The van der Waals surface area contributed by atoms with Gasteiger partial charge in [0, 0.05) is 71.4 Å². The van der Waals surface area contributed by atoms with Crippen molar-refractivity contribution in [1.29, 1.82) is 0 Å². The van der Waals surface area contributed by atoms with E-state index < -0.39 is 0 Å². The molecular weight excluding hydrogens is 1640 g/mol. The molecule has 24 aromatic carbocycles. The third kappa shape index (κ3) is 12.9. The van der Waals surface area contributed by atoms with Gasteiger partial charge in [0.2, 0.25) is 0 Å². The molecule has 0 N–H and O–H groups in total. The van der Waals surface area contributed by atoms with E-state index in [1.165, 1.54) is 163 Å². The monoisotopic (exact) mass is 1720 g/mol. The van der Waals surface area contributed by atoms with Gasteiger partial charge in [0.15, 0.2) is 34.9 Å². The van der Waals surface area contributed by atoms with Crippen LogP contribution in [0.1, 0.15) is 0 Å². The Morgan fingerprint density at radius 2 is 0.459 bits per heavy atom. The second kappa shape index (κ2) is 31.3. The molecule has 9 nitrogen and oxygen atoms in total. The molecule has 0 aliphatic heterocycles. The van der Waals surface area contributed by atoms with E-state index >= 15 is 0 Å². The molecule has 0 saturated carbocycles. The molecule has 0 atom stereocenters. The second-order valence-electron chi connectivity index (χ2n) is 35.0. The van der Waals surface area contributed by atoms with Crippen LogP contribution in [0.4, 0.5) is 0 Å². The summed E-state index contributed by atoms with van der Waals surface area (Å²) in [5.74, 6) is 3.74. The molecule has 0 amide bonds. The Hall–Kier alpha value is -18.2. The van der Waals surface area contributed by atoms with Crippen LogP contribution >= 0.6 is 0 Å². The van der Waals surface area contributed by atoms with Crippen LogP contribution in [0.5, 0.6) is 0 Å². The molecule has 0 unspecified atom stereocenters. The van der Waals surface area contributed by atoms with Gasteiger partial charge in [-0.2, -0.15) is 0 Å². The third-order valence-electron chi connectivity index (χ3n) is 27.3. The minimum atomic E-state index is 0.612. The highest BCUT2D eigenvalue weighted by molar-refractivity contribution is 6.29. The van der Waals surface area contributed by atoms with Crippen molar-refractivity contribution in [2.45, 2.75) is 0 Å². The van der Waals surface area contributed by atoms with Gasteiger partial charge in [-0.1, -0.05) is 388 Å². The van der Waals surface area contributed by atoms with Gasteiger partial charge in [0.05, 0.1) is 11.0 Å². The van der Waals surface area contributed by atoms with Gasteiger partial charge in [0.25, 0.3) is 0 Å². The zero-order chi connectivity index (χ0) is 88.7. The number of fused-ring (bicyclic) bond motifs is 30. The van der Waals surface area contributed by atoms with Crippen LogP contribution in [-0.2, 0) is 0 Å². The van der Waals surface area contributed by atoms with Crippen molar-refractivity contribution in [3.05, 3.63) is 455 Å². The van der Waals surface area contributed by atoms with Crippen molar-refractivity contribution in [2.24, 2.45) is 0 Å². The molecule has 0 bridgehead atoms. The molecular formula is C126H75N7O2. The summed E-state index contributed by atoms with van der Waals surface area (Å²) in [4.78, 5) is 30.5. The van der Waals surface area contributed by atoms with E-state index in [0.29, 0.717) is 34.9 Å². The van der Waals surface area contributed by atoms with E-state index in [-0.39, 0.29) is 0 Å². The van der Waals surface area contributed by atoms with Gasteiger partial charge in [0.1, 0.15) is 22.3 Å². The van der Waals surface area contributed by atoms with Gasteiger partial charge in [-0.05, 0) is 207 Å². The van der Waals surface area contributed by atoms with E-state index in [9.17, 15) is 0 Å². The average molecular weight is 1720 g/mol. The summed E-state index contributed by atoms with van der Waals surface area (Å²) < 4.78 is 14.8. The molecule has 0 aliphatic carbocycles.